The molecule has 0 unspecified atom stereocenters. The van der Waals surface area contributed by atoms with Gasteiger partial charge in [-0.3, -0.25) is 4.79 Å². The summed E-state index contributed by atoms with van der Waals surface area (Å²) in [5.74, 6) is -1.10. The molecule has 3 spiro atoms. The Hall–Kier alpha value is -2.13. The van der Waals surface area contributed by atoms with E-state index < -0.39 is 77.3 Å². The van der Waals surface area contributed by atoms with Gasteiger partial charge in [-0.15, -0.1) is 0 Å². The van der Waals surface area contributed by atoms with Crippen LogP contribution in [0.2, 0.25) is 0 Å². The molecule has 5 saturated carbocycles. The van der Waals surface area contributed by atoms with E-state index in [1.54, 1.807) is 36.1 Å². The van der Waals surface area contributed by atoms with Gasteiger partial charge < -0.3 is 69.7 Å². The van der Waals surface area contributed by atoms with Crippen molar-refractivity contribution in [1.82, 2.24) is 10.6 Å². The number of carbonyl (C=O) groups is 1. The Morgan fingerprint density at radius 1 is 0.947 bits per heavy atom. The molecule has 76 heavy (non-hydrogen) atoms. The molecule has 1 aromatic heterocycles. The Labute approximate surface area is 457 Å². The Bertz CT molecular complexity index is 2400. The minimum atomic E-state index is -2.49. The molecule has 17 heteroatoms. The van der Waals surface area contributed by atoms with Crippen molar-refractivity contribution in [2.24, 2.45) is 46.8 Å². The summed E-state index contributed by atoms with van der Waals surface area (Å²) in [6.07, 6.45) is 15.3. The van der Waals surface area contributed by atoms with Crippen LogP contribution >= 0.6 is 21.6 Å². The van der Waals surface area contributed by atoms with Crippen LogP contribution < -0.4 is 20.1 Å². The number of carbonyl (C=O) groups excluding carboxylic acids is 1. The molecule has 424 valence electrons. The SMILES string of the molecule is CCOC(=O)CCc1cc2ccoc2c2c1O[C@@H]1O[C@@]3(CSS[C@]4(CC[C@]5(C[C@@H]6CC[C@@H](NC)[C@H]6C5)[C@H]4CCC4(O)CCCCC4)[C@@H](CC[C@H](C)CCC[C@@H]3O)NCCO2)[C@]2(O)C[C@@H]3C=C[C@@H](O)[C@H](CO)[C@@H]3[C@@]1(O)[C@H]2O. The summed E-state index contributed by atoms with van der Waals surface area (Å²) >= 11 is 0. The molecule has 15 nitrogen and oxygen atoms in total. The molecule has 3 aliphatic heterocycles. The predicted octanol–water partition coefficient (Wildman–Crippen LogP) is 7.11. The third-order valence-corrected chi connectivity index (χ3v) is 24.9. The maximum absolute atomic E-state index is 13.8. The van der Waals surface area contributed by atoms with Gasteiger partial charge in [-0.05, 0) is 163 Å². The van der Waals surface area contributed by atoms with Gasteiger partial charge in [-0.1, -0.05) is 72.8 Å². The van der Waals surface area contributed by atoms with Crippen molar-refractivity contribution in [3.05, 3.63) is 36.1 Å². The fourth-order valence-electron chi connectivity index (χ4n) is 17.7. The Kier molecular flexibility index (Phi) is 16.1. The van der Waals surface area contributed by atoms with Crippen molar-refractivity contribution >= 4 is 38.5 Å². The molecule has 9 aliphatic rings. The fourth-order valence-corrected chi connectivity index (χ4v) is 22.0. The van der Waals surface area contributed by atoms with E-state index in [0.717, 1.165) is 83.5 Å². The van der Waals surface area contributed by atoms with Crippen molar-refractivity contribution in [3.8, 4) is 11.5 Å². The van der Waals surface area contributed by atoms with Gasteiger partial charge in [0.2, 0.25) is 12.0 Å². The van der Waals surface area contributed by atoms with E-state index in [1.165, 1.54) is 19.3 Å². The number of hydrogen-bond acceptors (Lipinski definition) is 17. The van der Waals surface area contributed by atoms with Gasteiger partial charge in [-0.2, -0.15) is 0 Å². The van der Waals surface area contributed by atoms with Gasteiger partial charge in [0.25, 0.3) is 0 Å². The molecule has 7 fully saturated rings. The zero-order chi connectivity index (χ0) is 53.3. The molecule has 2 saturated heterocycles. The van der Waals surface area contributed by atoms with E-state index >= 15 is 0 Å². The minimum Gasteiger partial charge on any atom is -0.485 e. The average Bonchev–Trinajstić information content (AvgIpc) is 4.28. The molecule has 4 heterocycles. The van der Waals surface area contributed by atoms with Crippen molar-refractivity contribution in [2.75, 3.05) is 39.2 Å². The van der Waals surface area contributed by atoms with Crippen LogP contribution in [0.15, 0.2) is 35.0 Å². The molecule has 9 N–H and O–H groups in total. The highest BCUT2D eigenvalue weighted by molar-refractivity contribution is 8.77. The number of hydrogen-bond donors (Lipinski definition) is 9. The summed E-state index contributed by atoms with van der Waals surface area (Å²) in [4.78, 5) is 13.1. The fraction of sp³-hybridized carbons (Fsp3) is 0.814. The number of benzene rings is 1. The molecular weight excluding hydrogens is 1010 g/mol. The van der Waals surface area contributed by atoms with Crippen molar-refractivity contribution < 1.29 is 63.9 Å². The highest BCUT2D eigenvalue weighted by atomic mass is 33.1. The van der Waals surface area contributed by atoms with Gasteiger partial charge >= 0.3 is 5.97 Å². The number of fused-ring (bicyclic) bond motifs is 12. The number of aryl methyl sites for hydroxylation is 1. The lowest BCUT2D eigenvalue weighted by Gasteiger charge is -2.67. The van der Waals surface area contributed by atoms with E-state index in [9.17, 15) is 40.5 Å². The average molecular weight is 1100 g/mol. The standard InChI is InChI=1S/C59H88N2O13S2/c1-4-70-47(65)18-14-36-29-37-20-27-71-49(37)51-50(36)73-53-59(69)48-39(13-16-43(63)41(48)33-62)31-57(68,52(59)66)58(74-53)34-75-76-56(45(61-26-28-72-51)17-11-35(2)9-8-10-46(58)64)25-24-54(30-38-12-15-42(60-3)40(38)32-54)44(56)19-23-55(67)21-6-5-7-22-55/h13,16,20,27,29,35,38-46,48,52-53,60-64,66-69H,4-12,14-15,17-19,21-26,28,30-34H2,1-3H3/t35-,38+,39+,40+,41+,42-,43-,44-,45-,46+,48-,52+,53-,54-,56+,57+,58-,59-/m1/s1. The summed E-state index contributed by atoms with van der Waals surface area (Å²) in [5, 5.41) is 97.4. The molecule has 2 aromatic rings. The van der Waals surface area contributed by atoms with E-state index in [0.29, 0.717) is 53.3 Å². The lowest BCUT2D eigenvalue weighted by Crippen LogP contribution is -2.86. The van der Waals surface area contributed by atoms with Crippen molar-refractivity contribution in [1.29, 1.82) is 0 Å². The smallest absolute Gasteiger partial charge is 0.306 e. The Balaban J connectivity index is 1.09. The lowest BCUT2D eigenvalue weighted by atomic mass is 9.50. The van der Waals surface area contributed by atoms with Crippen LogP contribution in [0.5, 0.6) is 11.5 Å². The van der Waals surface area contributed by atoms with Gasteiger partial charge in [0.1, 0.15) is 23.9 Å². The lowest BCUT2D eigenvalue weighted by molar-refractivity contribution is -0.424. The number of ether oxygens (including phenoxy) is 4. The van der Waals surface area contributed by atoms with Gasteiger partial charge in [-0.25, -0.2) is 0 Å². The summed E-state index contributed by atoms with van der Waals surface area (Å²) < 4.78 is 32.7. The first-order valence-corrected chi connectivity index (χ1v) is 31.8. The van der Waals surface area contributed by atoms with E-state index in [4.69, 9.17) is 23.4 Å². The van der Waals surface area contributed by atoms with E-state index in [1.807, 2.05) is 22.9 Å². The van der Waals surface area contributed by atoms with Crippen molar-refractivity contribution in [2.45, 2.75) is 213 Å². The number of aliphatic hydroxyl groups is 7. The number of nitrogens with one attached hydrogen (secondary N) is 2. The highest BCUT2D eigenvalue weighted by Gasteiger charge is 2.78. The van der Waals surface area contributed by atoms with Crippen LogP contribution in [0.3, 0.4) is 0 Å². The van der Waals surface area contributed by atoms with Crippen LogP contribution in [0.25, 0.3) is 11.0 Å². The maximum atomic E-state index is 13.8. The molecule has 5 bridgehead atoms. The zero-order valence-electron chi connectivity index (χ0n) is 45.2. The molecule has 0 amide bonds. The van der Waals surface area contributed by atoms with E-state index in [-0.39, 0.29) is 78.3 Å². The third kappa shape index (κ3) is 9.41. The topological polar surface area (TPSA) is 233 Å². The Morgan fingerprint density at radius 3 is 2.57 bits per heavy atom. The first-order valence-electron chi connectivity index (χ1n) is 29.5. The van der Waals surface area contributed by atoms with Gasteiger partial charge in [0.05, 0.1) is 30.7 Å². The first kappa shape index (κ1) is 55.8. The zero-order valence-corrected chi connectivity index (χ0v) is 46.8. The largest absolute Gasteiger partial charge is 0.485 e. The summed E-state index contributed by atoms with van der Waals surface area (Å²) in [6, 6.07) is 4.15. The summed E-state index contributed by atoms with van der Waals surface area (Å²) in [5.41, 5.74) is -6.48. The maximum Gasteiger partial charge on any atom is 0.306 e. The summed E-state index contributed by atoms with van der Waals surface area (Å²) in [6.45, 7) is 4.36. The normalized spacial score (nSPS) is 44.3. The quantitative estimate of drug-likeness (QED) is 0.0692. The van der Waals surface area contributed by atoms with Crippen molar-refractivity contribution in [3.63, 3.8) is 0 Å². The number of allylic oxidation sites excluding steroid dienone is 1. The Morgan fingerprint density at radius 2 is 1.78 bits per heavy atom. The van der Waals surface area contributed by atoms with Crippen LogP contribution in [-0.2, 0) is 20.7 Å². The second-order valence-corrected chi connectivity index (χ2v) is 28.1. The third-order valence-electron chi connectivity index (χ3n) is 21.5. The van der Waals surface area contributed by atoms with Crippen LogP contribution in [-0.4, -0.2) is 145 Å². The number of esters is 1. The monoisotopic (exact) mass is 1100 g/mol. The molecule has 11 rings (SSSR count). The highest BCUT2D eigenvalue weighted by Crippen LogP contribution is 2.71. The number of furan rings is 1. The summed E-state index contributed by atoms with van der Waals surface area (Å²) in [7, 11) is 5.56. The molecular formula is C59H88N2O13S2. The minimum absolute atomic E-state index is 0.00688. The van der Waals surface area contributed by atoms with Crippen LogP contribution in [0, 0.1) is 46.8 Å². The van der Waals surface area contributed by atoms with Gasteiger partial charge in [0, 0.05) is 59.4 Å². The van der Waals surface area contributed by atoms with Crippen LogP contribution in [0.1, 0.15) is 148 Å². The van der Waals surface area contributed by atoms with Crippen LogP contribution in [0.4, 0.5) is 0 Å². The van der Waals surface area contributed by atoms with Gasteiger partial charge in [0.15, 0.2) is 16.9 Å². The number of aliphatic hydroxyl groups excluding tert-OH is 4. The molecule has 18 atom stereocenters. The molecule has 0 radical (unpaired) electrons. The molecule has 6 aliphatic carbocycles. The number of rotatable bonds is 9. The van der Waals surface area contributed by atoms with E-state index in [2.05, 4.69) is 24.6 Å². The first-order chi connectivity index (χ1) is 36.6. The predicted molar refractivity (Wildman–Crippen MR) is 292 cm³/mol. The molecule has 1 aromatic carbocycles. The second kappa shape index (κ2) is 22.0. The second-order valence-electron chi connectivity index (χ2n) is 25.5.